The summed E-state index contributed by atoms with van der Waals surface area (Å²) in [6.07, 6.45) is -4.90. The van der Waals surface area contributed by atoms with Crippen molar-refractivity contribution in [2.24, 2.45) is 0 Å². The number of benzene rings is 2. The van der Waals surface area contributed by atoms with E-state index in [-0.39, 0.29) is 28.4 Å². The van der Waals surface area contributed by atoms with Crippen LogP contribution in [0.1, 0.15) is 16.1 Å². The number of aryl methyl sites for hydroxylation is 1. The third-order valence-corrected chi connectivity index (χ3v) is 5.20. The first-order valence-electron chi connectivity index (χ1n) is 9.85. The zero-order chi connectivity index (χ0) is 22.9. The maximum atomic E-state index is 14.1. The Bertz CT molecular complexity index is 1120. The van der Waals surface area contributed by atoms with Gasteiger partial charge in [0.15, 0.2) is 0 Å². The second kappa shape index (κ2) is 8.52. The number of hydrogen-bond donors (Lipinski definition) is 0. The predicted molar refractivity (Wildman–Crippen MR) is 108 cm³/mol. The minimum atomic E-state index is -4.90. The van der Waals surface area contributed by atoms with Crippen molar-refractivity contribution in [2.45, 2.75) is 13.3 Å². The van der Waals surface area contributed by atoms with Crippen LogP contribution in [0.5, 0.6) is 5.75 Å². The number of alkyl halides is 3. The number of carbonyl (C=O) groups excluding carboxylic acids is 1. The molecule has 10 heteroatoms. The molecule has 1 aromatic heterocycles. The maximum Gasteiger partial charge on any atom is 0.573 e. The minimum absolute atomic E-state index is 0.00461. The zero-order valence-electron chi connectivity index (χ0n) is 17.0. The summed E-state index contributed by atoms with van der Waals surface area (Å²) in [4.78, 5) is 16.6. The van der Waals surface area contributed by atoms with Crippen LogP contribution in [0.4, 0.5) is 23.2 Å². The lowest BCUT2D eigenvalue weighted by Gasteiger charge is -2.36. The van der Waals surface area contributed by atoms with Crippen molar-refractivity contribution in [1.29, 1.82) is 0 Å². The molecule has 2 aromatic carbocycles. The van der Waals surface area contributed by atoms with Gasteiger partial charge in [0, 0.05) is 31.7 Å². The molecule has 0 radical (unpaired) electrons. The number of piperazine rings is 1. The van der Waals surface area contributed by atoms with E-state index in [9.17, 15) is 22.4 Å². The van der Waals surface area contributed by atoms with E-state index in [1.807, 2.05) is 4.90 Å². The van der Waals surface area contributed by atoms with Gasteiger partial charge in [0.2, 0.25) is 0 Å². The Morgan fingerprint density at radius 1 is 1.03 bits per heavy atom. The Labute approximate surface area is 181 Å². The SMILES string of the molecule is Cc1onc(-c2ccccc2OC(F)(F)F)c1C(=O)N1CCN(c2ccccc2F)CC1. The lowest BCUT2D eigenvalue weighted by molar-refractivity contribution is -0.274. The highest BCUT2D eigenvalue weighted by atomic mass is 19.4. The smallest absolute Gasteiger partial charge is 0.405 e. The molecule has 0 bridgehead atoms. The molecule has 1 aliphatic rings. The Morgan fingerprint density at radius 2 is 1.69 bits per heavy atom. The van der Waals surface area contributed by atoms with Gasteiger partial charge in [0.25, 0.3) is 5.91 Å². The highest BCUT2D eigenvalue weighted by molar-refractivity contribution is 6.01. The van der Waals surface area contributed by atoms with Crippen molar-refractivity contribution in [3.05, 3.63) is 65.7 Å². The van der Waals surface area contributed by atoms with Crippen LogP contribution in [0, 0.1) is 12.7 Å². The molecular formula is C22H19F4N3O3. The molecule has 1 saturated heterocycles. The number of rotatable bonds is 4. The van der Waals surface area contributed by atoms with Crippen molar-refractivity contribution in [2.75, 3.05) is 31.1 Å². The Morgan fingerprint density at radius 3 is 2.38 bits per heavy atom. The minimum Gasteiger partial charge on any atom is -0.405 e. The lowest BCUT2D eigenvalue weighted by atomic mass is 10.0. The van der Waals surface area contributed by atoms with Crippen LogP contribution in [-0.2, 0) is 0 Å². The van der Waals surface area contributed by atoms with Crippen LogP contribution in [0.25, 0.3) is 11.3 Å². The zero-order valence-corrected chi connectivity index (χ0v) is 17.0. The second-order valence-corrected chi connectivity index (χ2v) is 7.24. The van der Waals surface area contributed by atoms with Gasteiger partial charge in [-0.05, 0) is 31.2 Å². The monoisotopic (exact) mass is 449 g/mol. The average molecular weight is 449 g/mol. The summed E-state index contributed by atoms with van der Waals surface area (Å²) in [5.74, 6) is -1.06. The summed E-state index contributed by atoms with van der Waals surface area (Å²) in [6.45, 7) is 2.93. The molecule has 3 aromatic rings. The van der Waals surface area contributed by atoms with E-state index in [0.29, 0.717) is 31.9 Å². The number of amides is 1. The third kappa shape index (κ3) is 4.39. The van der Waals surface area contributed by atoms with E-state index in [2.05, 4.69) is 9.89 Å². The van der Waals surface area contributed by atoms with Crippen molar-refractivity contribution < 1.29 is 31.6 Å². The van der Waals surface area contributed by atoms with Gasteiger partial charge < -0.3 is 19.1 Å². The molecule has 2 heterocycles. The molecule has 1 fully saturated rings. The summed E-state index contributed by atoms with van der Waals surface area (Å²) in [5.41, 5.74) is 0.501. The summed E-state index contributed by atoms with van der Waals surface area (Å²) >= 11 is 0. The van der Waals surface area contributed by atoms with E-state index in [1.165, 1.54) is 31.2 Å². The highest BCUT2D eigenvalue weighted by Gasteiger charge is 2.34. The number of halogens is 4. The van der Waals surface area contributed by atoms with E-state index in [1.54, 1.807) is 23.1 Å². The number of carbonyl (C=O) groups is 1. The summed E-state index contributed by atoms with van der Waals surface area (Å²) in [6, 6.07) is 11.8. The number of nitrogens with zero attached hydrogens (tertiary/aromatic N) is 3. The fourth-order valence-corrected chi connectivity index (χ4v) is 3.70. The normalized spacial score (nSPS) is 14.5. The number of para-hydroxylation sites is 2. The predicted octanol–water partition coefficient (Wildman–Crippen LogP) is 4.65. The van der Waals surface area contributed by atoms with Gasteiger partial charge in [0.1, 0.15) is 28.6 Å². The molecule has 32 heavy (non-hydrogen) atoms. The molecule has 0 spiro atoms. The molecule has 6 nitrogen and oxygen atoms in total. The first-order valence-corrected chi connectivity index (χ1v) is 9.85. The van der Waals surface area contributed by atoms with Crippen molar-refractivity contribution in [3.8, 4) is 17.0 Å². The van der Waals surface area contributed by atoms with Gasteiger partial charge in [-0.15, -0.1) is 13.2 Å². The number of ether oxygens (including phenoxy) is 1. The largest absolute Gasteiger partial charge is 0.573 e. The van der Waals surface area contributed by atoms with Crippen LogP contribution in [-0.4, -0.2) is 48.5 Å². The van der Waals surface area contributed by atoms with Crippen molar-refractivity contribution in [1.82, 2.24) is 10.1 Å². The lowest BCUT2D eigenvalue weighted by Crippen LogP contribution is -2.49. The molecule has 168 valence electrons. The summed E-state index contributed by atoms with van der Waals surface area (Å²) in [5, 5.41) is 3.84. The maximum absolute atomic E-state index is 14.1. The average Bonchev–Trinajstić information content (AvgIpc) is 3.14. The van der Waals surface area contributed by atoms with E-state index < -0.39 is 18.0 Å². The van der Waals surface area contributed by atoms with Crippen LogP contribution in [0.3, 0.4) is 0 Å². The summed E-state index contributed by atoms with van der Waals surface area (Å²) < 4.78 is 61.8. The van der Waals surface area contributed by atoms with Gasteiger partial charge in [-0.2, -0.15) is 0 Å². The summed E-state index contributed by atoms with van der Waals surface area (Å²) in [7, 11) is 0. The molecule has 1 aliphatic heterocycles. The van der Waals surface area contributed by atoms with Crippen LogP contribution in [0.2, 0.25) is 0 Å². The standard InChI is InChI=1S/C22H19F4N3O3/c1-14-19(20(27-32-14)15-6-2-5-9-18(15)31-22(24,25)26)21(30)29-12-10-28(11-13-29)17-8-4-3-7-16(17)23/h2-9H,10-13H2,1H3. The van der Waals surface area contributed by atoms with Crippen molar-refractivity contribution in [3.63, 3.8) is 0 Å². The van der Waals surface area contributed by atoms with Crippen LogP contribution >= 0.6 is 0 Å². The highest BCUT2D eigenvalue weighted by Crippen LogP contribution is 2.36. The topological polar surface area (TPSA) is 58.8 Å². The second-order valence-electron chi connectivity index (χ2n) is 7.24. The van der Waals surface area contributed by atoms with E-state index >= 15 is 0 Å². The van der Waals surface area contributed by atoms with E-state index in [0.717, 1.165) is 6.07 Å². The van der Waals surface area contributed by atoms with Gasteiger partial charge >= 0.3 is 6.36 Å². The molecule has 0 unspecified atom stereocenters. The number of hydrogen-bond acceptors (Lipinski definition) is 5. The third-order valence-electron chi connectivity index (χ3n) is 5.20. The Kier molecular flexibility index (Phi) is 5.77. The van der Waals surface area contributed by atoms with Crippen LogP contribution < -0.4 is 9.64 Å². The molecule has 0 atom stereocenters. The fourth-order valence-electron chi connectivity index (χ4n) is 3.70. The Hall–Kier alpha value is -3.56. The number of aromatic nitrogens is 1. The molecule has 4 rings (SSSR count). The molecule has 0 N–H and O–H groups in total. The fraction of sp³-hybridized carbons (Fsp3) is 0.273. The molecule has 0 saturated carbocycles. The molecule has 0 aliphatic carbocycles. The number of anilines is 1. The Balaban J connectivity index is 1.57. The molecular weight excluding hydrogens is 430 g/mol. The molecule has 1 amide bonds. The van der Waals surface area contributed by atoms with Gasteiger partial charge in [-0.1, -0.05) is 29.4 Å². The van der Waals surface area contributed by atoms with E-state index in [4.69, 9.17) is 4.52 Å². The first kappa shape index (κ1) is 21.7. The van der Waals surface area contributed by atoms with Gasteiger partial charge in [0.05, 0.1) is 5.69 Å². The van der Waals surface area contributed by atoms with Gasteiger partial charge in [-0.3, -0.25) is 4.79 Å². The van der Waals surface area contributed by atoms with Crippen molar-refractivity contribution >= 4 is 11.6 Å². The van der Waals surface area contributed by atoms with Crippen LogP contribution in [0.15, 0.2) is 53.1 Å². The first-order chi connectivity index (χ1) is 15.2. The quantitative estimate of drug-likeness (QED) is 0.543. The van der Waals surface area contributed by atoms with Gasteiger partial charge in [-0.25, -0.2) is 4.39 Å².